The summed E-state index contributed by atoms with van der Waals surface area (Å²) >= 11 is -1.82. The maximum absolute atomic E-state index is 12.3. The van der Waals surface area contributed by atoms with Crippen molar-refractivity contribution < 1.29 is 30.9 Å². The number of alkyl halides is 6. The Bertz CT molecular complexity index is 435. The Kier molecular flexibility index (Phi) is 5.99. The maximum Gasteiger partial charge on any atom is 0.445 e. The van der Waals surface area contributed by atoms with Gasteiger partial charge in [0.1, 0.15) is 5.75 Å². The van der Waals surface area contributed by atoms with Crippen LogP contribution in [0.25, 0.3) is 0 Å². The van der Waals surface area contributed by atoms with Gasteiger partial charge in [0.05, 0.1) is 0 Å². The van der Waals surface area contributed by atoms with E-state index in [2.05, 4.69) is 10.2 Å². The van der Waals surface area contributed by atoms with Crippen molar-refractivity contribution in [3.05, 3.63) is 10.0 Å². The molecule has 0 fully saturated rings. The van der Waals surface area contributed by atoms with E-state index >= 15 is 0 Å². The van der Waals surface area contributed by atoms with Crippen LogP contribution >= 0.6 is 23.1 Å². The molecule has 116 valence electrons. The number of aromatic nitrogens is 2. The summed E-state index contributed by atoms with van der Waals surface area (Å²) in [5, 5.41) is 4.06. The minimum atomic E-state index is -4.64. The van der Waals surface area contributed by atoms with Crippen LogP contribution < -0.4 is 0 Å². The lowest BCUT2D eigenvalue weighted by atomic mass is 10.5. The lowest BCUT2D eigenvalue weighted by Crippen LogP contribution is -2.17. The van der Waals surface area contributed by atoms with E-state index in [9.17, 15) is 30.9 Å². The highest BCUT2D eigenvalue weighted by atomic mass is 32.2. The lowest BCUT2D eigenvalue weighted by Gasteiger charge is -2.16. The van der Waals surface area contributed by atoms with Gasteiger partial charge in [-0.05, 0) is 29.9 Å². The molecular weight excluding hydrogens is 350 g/mol. The topological polar surface area (TPSA) is 48.8 Å². The largest absolute Gasteiger partial charge is 0.616 e. The van der Waals surface area contributed by atoms with Crippen LogP contribution in [0.2, 0.25) is 0 Å². The molecular formula is C8H8F6N2OS3. The third-order valence-electron chi connectivity index (χ3n) is 1.98. The number of thioether (sulfide) groups is 1. The van der Waals surface area contributed by atoms with Gasteiger partial charge in [-0.15, -0.1) is 10.2 Å². The van der Waals surface area contributed by atoms with E-state index in [4.69, 9.17) is 0 Å². The Morgan fingerprint density at radius 2 is 1.85 bits per heavy atom. The molecule has 1 heterocycles. The van der Waals surface area contributed by atoms with Crippen LogP contribution in [-0.4, -0.2) is 31.8 Å². The molecule has 0 aromatic carbocycles. The second-order valence-corrected chi connectivity index (χ2v) is 7.51. The number of nitrogens with zero attached hydrogens (tertiary/aromatic N) is 2. The Labute approximate surface area is 121 Å². The van der Waals surface area contributed by atoms with Gasteiger partial charge >= 0.3 is 11.7 Å². The van der Waals surface area contributed by atoms with Gasteiger partial charge in [-0.3, -0.25) is 0 Å². The monoisotopic (exact) mass is 358 g/mol. The third-order valence-corrected chi connectivity index (χ3v) is 5.89. The first-order valence-corrected chi connectivity index (χ1v) is 8.17. The molecule has 0 bridgehead atoms. The minimum absolute atomic E-state index is 0.104. The van der Waals surface area contributed by atoms with Crippen molar-refractivity contribution in [2.24, 2.45) is 0 Å². The summed E-state index contributed by atoms with van der Waals surface area (Å²) in [6.07, 6.45) is -4.64. The van der Waals surface area contributed by atoms with Crippen LogP contribution in [0.1, 0.15) is 22.2 Å². The van der Waals surface area contributed by atoms with E-state index in [1.807, 2.05) is 0 Å². The minimum Gasteiger partial charge on any atom is -0.616 e. The van der Waals surface area contributed by atoms with E-state index in [1.54, 1.807) is 0 Å². The highest BCUT2D eigenvalue weighted by Gasteiger charge is 2.37. The number of hydrogen-bond donors (Lipinski definition) is 0. The summed E-state index contributed by atoms with van der Waals surface area (Å²) in [4.78, 5) is 0. The van der Waals surface area contributed by atoms with Crippen LogP contribution in [0.4, 0.5) is 26.3 Å². The number of rotatable bonds is 5. The molecule has 3 nitrogen and oxygen atoms in total. The van der Waals surface area contributed by atoms with Crippen LogP contribution in [-0.2, 0) is 17.4 Å². The zero-order chi connectivity index (χ0) is 15.6. The van der Waals surface area contributed by atoms with Gasteiger partial charge in [0.15, 0.2) is 10.3 Å². The molecule has 1 aromatic rings. The van der Waals surface area contributed by atoms with Crippen molar-refractivity contribution in [1.82, 2.24) is 10.2 Å². The van der Waals surface area contributed by atoms with Gasteiger partial charge in [-0.1, -0.05) is 11.3 Å². The number of halogens is 6. The van der Waals surface area contributed by atoms with Crippen LogP contribution in [0, 0.1) is 0 Å². The Hall–Kier alpha value is -0.200. The van der Waals surface area contributed by atoms with E-state index < -0.39 is 38.9 Å². The highest BCUT2D eigenvalue weighted by Crippen LogP contribution is 2.35. The first kappa shape index (κ1) is 17.9. The molecule has 1 rings (SSSR count). The number of hydrogen-bond acceptors (Lipinski definition) is 5. The molecule has 0 saturated heterocycles. The molecule has 0 N–H and O–H groups in total. The molecule has 2 atom stereocenters. The molecule has 0 radical (unpaired) electrons. The zero-order valence-electron chi connectivity index (χ0n) is 9.79. The van der Waals surface area contributed by atoms with Crippen molar-refractivity contribution in [1.29, 1.82) is 0 Å². The smallest absolute Gasteiger partial charge is 0.445 e. The summed E-state index contributed by atoms with van der Waals surface area (Å²) in [6.45, 7) is 1.34. The summed E-state index contributed by atoms with van der Waals surface area (Å²) < 4.78 is 84.2. The van der Waals surface area contributed by atoms with Crippen LogP contribution in [0.5, 0.6) is 0 Å². The predicted molar refractivity (Wildman–Crippen MR) is 64.8 cm³/mol. The van der Waals surface area contributed by atoms with E-state index in [0.29, 0.717) is 0 Å². The SMILES string of the molecule is CC(c1nnc(C(F)(F)F)s1)[S+]([O-])CCSC(F)(F)F. The second kappa shape index (κ2) is 6.71. The Morgan fingerprint density at radius 1 is 1.25 bits per heavy atom. The van der Waals surface area contributed by atoms with Crippen molar-refractivity contribution in [3.8, 4) is 0 Å². The van der Waals surface area contributed by atoms with Gasteiger partial charge in [-0.2, -0.15) is 26.3 Å². The molecule has 1 aromatic heterocycles. The average molecular weight is 358 g/mol. The van der Waals surface area contributed by atoms with E-state index in [-0.39, 0.29) is 33.9 Å². The summed E-state index contributed by atoms with van der Waals surface area (Å²) in [7, 11) is 0. The fourth-order valence-corrected chi connectivity index (χ4v) is 4.00. The van der Waals surface area contributed by atoms with Crippen LogP contribution in [0.15, 0.2) is 0 Å². The molecule has 0 aliphatic carbocycles. The predicted octanol–water partition coefficient (Wildman–Crippen LogP) is 3.62. The highest BCUT2D eigenvalue weighted by molar-refractivity contribution is 8.01. The van der Waals surface area contributed by atoms with Gasteiger partial charge in [-0.25, -0.2) is 0 Å². The first-order valence-electron chi connectivity index (χ1n) is 4.99. The second-order valence-electron chi connectivity index (χ2n) is 3.46. The molecule has 20 heavy (non-hydrogen) atoms. The summed E-state index contributed by atoms with van der Waals surface area (Å²) in [6, 6.07) is 0. The molecule has 12 heteroatoms. The van der Waals surface area contributed by atoms with Gasteiger partial charge in [0.25, 0.3) is 0 Å². The molecule has 0 saturated carbocycles. The fraction of sp³-hybridized carbons (Fsp3) is 0.750. The summed E-state index contributed by atoms with van der Waals surface area (Å²) in [5.74, 6) is -0.711. The zero-order valence-corrected chi connectivity index (χ0v) is 12.2. The van der Waals surface area contributed by atoms with Crippen molar-refractivity contribution in [2.45, 2.75) is 23.9 Å². The van der Waals surface area contributed by atoms with E-state index in [0.717, 1.165) is 0 Å². The quantitative estimate of drug-likeness (QED) is 0.596. The fourth-order valence-electron chi connectivity index (χ4n) is 1.04. The Morgan fingerprint density at radius 3 is 2.30 bits per heavy atom. The van der Waals surface area contributed by atoms with Gasteiger partial charge in [0.2, 0.25) is 5.01 Å². The van der Waals surface area contributed by atoms with Crippen molar-refractivity contribution >= 4 is 34.3 Å². The van der Waals surface area contributed by atoms with Crippen LogP contribution in [0.3, 0.4) is 0 Å². The normalized spacial score (nSPS) is 16.2. The summed E-state index contributed by atoms with van der Waals surface area (Å²) in [5.41, 5.74) is -4.42. The lowest BCUT2D eigenvalue weighted by molar-refractivity contribution is -0.138. The molecule has 0 aliphatic heterocycles. The van der Waals surface area contributed by atoms with Gasteiger partial charge < -0.3 is 4.55 Å². The maximum atomic E-state index is 12.3. The Balaban J connectivity index is 2.56. The molecule has 0 amide bonds. The average Bonchev–Trinajstić information content (AvgIpc) is 2.74. The standard InChI is InChI=1S/C8H8F6N2OS3/c1-4(20(17)3-2-18-8(12,13)14)5-15-16-6(19-5)7(9,10)11/h4H,2-3H2,1H3. The van der Waals surface area contributed by atoms with Crippen molar-refractivity contribution in [2.75, 3.05) is 11.5 Å². The van der Waals surface area contributed by atoms with E-state index in [1.165, 1.54) is 6.92 Å². The van der Waals surface area contributed by atoms with Gasteiger partial charge in [0, 0.05) is 5.75 Å². The first-order chi connectivity index (χ1) is 9.00. The van der Waals surface area contributed by atoms with Crippen molar-refractivity contribution in [3.63, 3.8) is 0 Å². The molecule has 0 spiro atoms. The molecule has 2 unspecified atom stereocenters. The third kappa shape index (κ3) is 5.66. The molecule has 0 aliphatic rings.